The number of carbonyl (C=O) groups is 2. The van der Waals surface area contributed by atoms with E-state index in [1.54, 1.807) is 24.3 Å². The number of nitrogens with one attached hydrogen (secondary N) is 1. The van der Waals surface area contributed by atoms with Crippen LogP contribution in [0.5, 0.6) is 0 Å². The van der Waals surface area contributed by atoms with E-state index in [1.165, 1.54) is 18.2 Å². The van der Waals surface area contributed by atoms with Crippen LogP contribution in [0.3, 0.4) is 0 Å². The number of alkyl halides is 1. The molecule has 0 aliphatic rings. The number of hydrogen-bond acceptors (Lipinski definition) is 3. The highest BCUT2D eigenvalue weighted by atomic mass is 79.9. The van der Waals surface area contributed by atoms with Crippen molar-refractivity contribution in [2.24, 2.45) is 0 Å². The summed E-state index contributed by atoms with van der Waals surface area (Å²) in [6, 6.07) is 10.4. The molecule has 2 aromatic rings. The quantitative estimate of drug-likeness (QED) is 0.328. The van der Waals surface area contributed by atoms with Crippen LogP contribution in [0.2, 0.25) is 0 Å². The molecule has 0 unspecified atom stereocenters. The zero-order chi connectivity index (χ0) is 17.5. The van der Waals surface area contributed by atoms with Gasteiger partial charge in [-0.3, -0.25) is 9.59 Å². The molecule has 0 spiro atoms. The Balaban J connectivity index is 2.01. The summed E-state index contributed by atoms with van der Waals surface area (Å²) >= 11 is 3.30. The molecule has 6 heteroatoms. The van der Waals surface area contributed by atoms with Gasteiger partial charge in [-0.1, -0.05) is 34.1 Å². The van der Waals surface area contributed by atoms with E-state index in [9.17, 15) is 14.0 Å². The van der Waals surface area contributed by atoms with Gasteiger partial charge in [-0.2, -0.15) is 0 Å². The third-order valence-corrected chi connectivity index (χ3v) is 4.08. The molecule has 0 heterocycles. The van der Waals surface area contributed by atoms with Gasteiger partial charge in [-0.25, -0.2) is 4.39 Å². The van der Waals surface area contributed by atoms with Gasteiger partial charge in [0.25, 0.3) is 5.91 Å². The first kappa shape index (κ1) is 18.1. The number of rotatable bonds is 7. The van der Waals surface area contributed by atoms with Crippen LogP contribution in [0.1, 0.15) is 32.7 Å². The van der Waals surface area contributed by atoms with E-state index in [-0.39, 0.29) is 23.8 Å². The molecule has 24 heavy (non-hydrogen) atoms. The molecule has 126 valence electrons. The molecule has 0 fully saturated rings. The van der Waals surface area contributed by atoms with Crippen molar-refractivity contribution < 1.29 is 14.0 Å². The molecule has 0 bridgehead atoms. The van der Waals surface area contributed by atoms with Crippen molar-refractivity contribution in [1.29, 1.82) is 0 Å². The Morgan fingerprint density at radius 3 is 2.38 bits per heavy atom. The van der Waals surface area contributed by atoms with E-state index in [0.717, 1.165) is 11.8 Å². The van der Waals surface area contributed by atoms with Crippen LogP contribution in [0.4, 0.5) is 10.1 Å². The smallest absolute Gasteiger partial charge is 0.251 e. The van der Waals surface area contributed by atoms with Crippen LogP contribution >= 0.6 is 15.9 Å². The molecule has 4 nitrogen and oxygen atoms in total. The van der Waals surface area contributed by atoms with Crippen molar-refractivity contribution in [2.45, 2.75) is 12.8 Å². The lowest BCUT2D eigenvalue weighted by Crippen LogP contribution is -2.24. The number of nitrogens with two attached hydrogens (primary N) is 1. The predicted octanol–water partition coefficient (Wildman–Crippen LogP) is 3.35. The molecule has 2 rings (SSSR count). The topological polar surface area (TPSA) is 72.2 Å². The molecule has 0 saturated heterocycles. The monoisotopic (exact) mass is 392 g/mol. The van der Waals surface area contributed by atoms with E-state index in [1.807, 2.05) is 0 Å². The largest absolute Gasteiger partial charge is 0.398 e. The maximum atomic E-state index is 13.0. The molecule has 3 N–H and O–H groups in total. The highest BCUT2D eigenvalue weighted by molar-refractivity contribution is 9.09. The Morgan fingerprint density at radius 2 is 1.75 bits per heavy atom. The SMILES string of the molecule is Nc1cc(F)ccc1CC(=O)c1ccc(C(=O)NCCCBr)cc1. The minimum Gasteiger partial charge on any atom is -0.398 e. The second-order valence-corrected chi connectivity index (χ2v) is 6.11. The van der Waals surface area contributed by atoms with E-state index in [2.05, 4.69) is 21.2 Å². The van der Waals surface area contributed by atoms with E-state index in [4.69, 9.17) is 5.73 Å². The van der Waals surface area contributed by atoms with Crippen LogP contribution in [0, 0.1) is 5.82 Å². The maximum absolute atomic E-state index is 13.0. The normalized spacial score (nSPS) is 10.4. The highest BCUT2D eigenvalue weighted by Gasteiger charge is 2.11. The van der Waals surface area contributed by atoms with E-state index >= 15 is 0 Å². The second kappa shape index (κ2) is 8.59. The van der Waals surface area contributed by atoms with Gasteiger partial charge in [0.2, 0.25) is 0 Å². The van der Waals surface area contributed by atoms with Gasteiger partial charge < -0.3 is 11.1 Å². The van der Waals surface area contributed by atoms with Crippen molar-refractivity contribution in [3.05, 3.63) is 65.0 Å². The van der Waals surface area contributed by atoms with Crippen molar-refractivity contribution in [2.75, 3.05) is 17.6 Å². The number of halogens is 2. The van der Waals surface area contributed by atoms with Crippen LogP contribution in [-0.2, 0) is 6.42 Å². The Morgan fingerprint density at radius 1 is 1.08 bits per heavy atom. The third-order valence-electron chi connectivity index (χ3n) is 3.52. The standard InChI is InChI=1S/C18H18BrFN2O2/c19-8-1-9-22-18(24)13-4-2-12(3-5-13)17(23)10-14-6-7-15(20)11-16(14)21/h2-7,11H,1,8-10,21H2,(H,22,24). The van der Waals surface area contributed by atoms with E-state index < -0.39 is 5.82 Å². The average molecular weight is 393 g/mol. The zero-order valence-electron chi connectivity index (χ0n) is 13.0. The predicted molar refractivity (Wildman–Crippen MR) is 96.0 cm³/mol. The molecule has 0 aromatic heterocycles. The Labute approximate surface area is 148 Å². The molecule has 0 aliphatic heterocycles. The van der Waals surface area contributed by atoms with Crippen LogP contribution < -0.4 is 11.1 Å². The number of amides is 1. The van der Waals surface area contributed by atoms with Crippen molar-refractivity contribution in [1.82, 2.24) is 5.32 Å². The van der Waals surface area contributed by atoms with Gasteiger partial charge >= 0.3 is 0 Å². The minimum atomic E-state index is -0.432. The molecular formula is C18H18BrFN2O2. The number of carbonyl (C=O) groups excluding carboxylic acids is 2. The highest BCUT2D eigenvalue weighted by Crippen LogP contribution is 2.16. The minimum absolute atomic E-state index is 0.0862. The number of hydrogen-bond donors (Lipinski definition) is 2. The summed E-state index contributed by atoms with van der Waals surface area (Å²) in [5.74, 6) is -0.740. The lowest BCUT2D eigenvalue weighted by molar-refractivity contribution is 0.0950. The Bertz CT molecular complexity index is 732. The maximum Gasteiger partial charge on any atom is 0.251 e. The Hall–Kier alpha value is -2.21. The fourth-order valence-electron chi connectivity index (χ4n) is 2.18. The lowest BCUT2D eigenvalue weighted by Gasteiger charge is -2.07. The third kappa shape index (κ3) is 4.89. The van der Waals surface area contributed by atoms with Gasteiger partial charge in [0.15, 0.2) is 5.78 Å². The zero-order valence-corrected chi connectivity index (χ0v) is 14.6. The number of ketones is 1. The Kier molecular flexibility index (Phi) is 6.49. The number of Topliss-reactive ketones (excluding diaryl/α,β-unsaturated/α-hetero) is 1. The fourth-order valence-corrected chi connectivity index (χ4v) is 2.46. The van der Waals surface area contributed by atoms with Crippen LogP contribution in [0.15, 0.2) is 42.5 Å². The summed E-state index contributed by atoms with van der Waals surface area (Å²) in [6.45, 7) is 0.592. The first-order valence-corrected chi connectivity index (χ1v) is 8.64. The van der Waals surface area contributed by atoms with Crippen molar-refractivity contribution >= 4 is 33.3 Å². The van der Waals surface area contributed by atoms with E-state index in [0.29, 0.717) is 23.2 Å². The number of anilines is 1. The van der Waals surface area contributed by atoms with Crippen LogP contribution in [-0.4, -0.2) is 23.6 Å². The van der Waals surface area contributed by atoms with Crippen molar-refractivity contribution in [3.63, 3.8) is 0 Å². The molecule has 0 saturated carbocycles. The second-order valence-electron chi connectivity index (χ2n) is 5.32. The fraction of sp³-hybridized carbons (Fsp3) is 0.222. The summed E-state index contributed by atoms with van der Waals surface area (Å²) < 4.78 is 13.0. The van der Waals surface area contributed by atoms with Crippen LogP contribution in [0.25, 0.3) is 0 Å². The lowest BCUT2D eigenvalue weighted by atomic mass is 10.0. The average Bonchev–Trinajstić information content (AvgIpc) is 2.57. The summed E-state index contributed by atoms with van der Waals surface area (Å²) in [7, 11) is 0. The number of benzene rings is 2. The van der Waals surface area contributed by atoms with Gasteiger partial charge in [-0.05, 0) is 36.2 Å². The summed E-state index contributed by atoms with van der Waals surface area (Å²) in [4.78, 5) is 24.2. The number of nitrogen functional groups attached to an aromatic ring is 1. The van der Waals surface area contributed by atoms with Crippen molar-refractivity contribution in [3.8, 4) is 0 Å². The molecule has 0 radical (unpaired) electrons. The first-order chi connectivity index (χ1) is 11.5. The summed E-state index contributed by atoms with van der Waals surface area (Å²) in [5, 5.41) is 3.62. The van der Waals surface area contributed by atoms with Gasteiger partial charge in [0.05, 0.1) is 0 Å². The molecule has 2 aromatic carbocycles. The van der Waals surface area contributed by atoms with Gasteiger partial charge in [-0.15, -0.1) is 0 Å². The van der Waals surface area contributed by atoms with Gasteiger partial charge in [0.1, 0.15) is 5.82 Å². The molecule has 1 amide bonds. The summed E-state index contributed by atoms with van der Waals surface area (Å²) in [6.07, 6.45) is 0.935. The summed E-state index contributed by atoms with van der Waals surface area (Å²) in [5.41, 5.74) is 7.54. The molecular weight excluding hydrogens is 375 g/mol. The van der Waals surface area contributed by atoms with Gasteiger partial charge in [0, 0.05) is 35.1 Å². The molecule has 0 atom stereocenters. The first-order valence-electron chi connectivity index (χ1n) is 7.52. The molecule has 0 aliphatic carbocycles.